The number of nitrogens with two attached hydrogens (primary N) is 1. The summed E-state index contributed by atoms with van der Waals surface area (Å²) in [4.78, 5) is 0. The number of methoxy groups -OCH3 is 1. The largest absolute Gasteiger partial charge is 0.497 e. The van der Waals surface area contributed by atoms with Crippen molar-refractivity contribution >= 4 is 21.8 Å². The van der Waals surface area contributed by atoms with Gasteiger partial charge in [-0.2, -0.15) is 0 Å². The van der Waals surface area contributed by atoms with E-state index >= 15 is 0 Å². The van der Waals surface area contributed by atoms with E-state index in [0.717, 1.165) is 10.2 Å². The lowest BCUT2D eigenvalue weighted by atomic mass is 10.3. The summed E-state index contributed by atoms with van der Waals surface area (Å²) >= 11 is 3.31. The zero-order valence-electron chi connectivity index (χ0n) is 8.11. The van der Waals surface area contributed by atoms with Crippen molar-refractivity contribution in [3.05, 3.63) is 22.7 Å². The molecule has 1 aromatic rings. The predicted molar refractivity (Wildman–Crippen MR) is 59.6 cm³/mol. The summed E-state index contributed by atoms with van der Waals surface area (Å²) in [6.07, 6.45) is 0. The average molecular weight is 275 g/mol. The lowest BCUT2D eigenvalue weighted by molar-refractivity contribution is 0.306. The maximum Gasteiger partial charge on any atom is 0.177 e. The molecule has 0 aliphatic carbocycles. The summed E-state index contributed by atoms with van der Waals surface area (Å²) in [5.41, 5.74) is 5.26. The minimum atomic E-state index is 0.0118. The molecule has 6 heteroatoms. The number of amidine groups is 1. The Hall–Kier alpha value is -1.43. The van der Waals surface area contributed by atoms with Crippen molar-refractivity contribution in [2.24, 2.45) is 10.9 Å². The van der Waals surface area contributed by atoms with Gasteiger partial charge in [-0.3, -0.25) is 0 Å². The Morgan fingerprint density at radius 3 is 2.87 bits per heavy atom. The first-order chi connectivity index (χ1) is 7.17. The van der Waals surface area contributed by atoms with E-state index in [1.165, 1.54) is 0 Å². The van der Waals surface area contributed by atoms with Gasteiger partial charge in [0.2, 0.25) is 0 Å². The minimum Gasteiger partial charge on any atom is -0.497 e. The molecule has 15 heavy (non-hydrogen) atoms. The van der Waals surface area contributed by atoms with Crippen LogP contribution in [0.4, 0.5) is 0 Å². The fourth-order valence-corrected chi connectivity index (χ4v) is 1.38. The van der Waals surface area contributed by atoms with Gasteiger partial charge in [0.1, 0.15) is 18.1 Å². The minimum absolute atomic E-state index is 0.0118. The van der Waals surface area contributed by atoms with Gasteiger partial charge in [0, 0.05) is 0 Å². The van der Waals surface area contributed by atoms with Gasteiger partial charge in [-0.1, -0.05) is 5.16 Å². The van der Waals surface area contributed by atoms with Crippen LogP contribution in [0.3, 0.4) is 0 Å². The monoisotopic (exact) mass is 274 g/mol. The number of hydrogen-bond acceptors (Lipinski definition) is 4. The van der Waals surface area contributed by atoms with E-state index in [4.69, 9.17) is 20.4 Å². The molecule has 1 rings (SSSR count). The maximum absolute atomic E-state index is 8.32. The third kappa shape index (κ3) is 3.32. The standard InChI is InChI=1S/C9H11BrN2O3/c1-14-6-2-3-8(7(10)4-6)15-5-9(11)12-13/h2-4,13H,5H2,1H3,(H2,11,12). The van der Waals surface area contributed by atoms with Crippen molar-refractivity contribution in [2.75, 3.05) is 13.7 Å². The van der Waals surface area contributed by atoms with Crippen molar-refractivity contribution in [2.45, 2.75) is 0 Å². The molecule has 0 unspecified atom stereocenters. The van der Waals surface area contributed by atoms with Crippen LogP contribution in [0.15, 0.2) is 27.8 Å². The van der Waals surface area contributed by atoms with Crippen molar-refractivity contribution in [1.82, 2.24) is 0 Å². The Bertz CT molecular complexity index is 368. The van der Waals surface area contributed by atoms with E-state index in [1.54, 1.807) is 25.3 Å². The quantitative estimate of drug-likeness (QED) is 0.378. The van der Waals surface area contributed by atoms with Gasteiger partial charge in [0.25, 0.3) is 0 Å². The third-order valence-corrected chi connectivity index (χ3v) is 2.26. The number of ether oxygens (including phenoxy) is 2. The third-order valence-electron chi connectivity index (χ3n) is 1.64. The van der Waals surface area contributed by atoms with Gasteiger partial charge >= 0.3 is 0 Å². The van der Waals surface area contributed by atoms with E-state index in [1.807, 2.05) is 0 Å². The first-order valence-electron chi connectivity index (χ1n) is 4.10. The summed E-state index contributed by atoms with van der Waals surface area (Å²) in [5, 5.41) is 11.1. The second-order valence-corrected chi connectivity index (χ2v) is 3.53. The lowest BCUT2D eigenvalue weighted by Crippen LogP contribution is -2.20. The molecule has 0 amide bonds. The maximum atomic E-state index is 8.32. The first-order valence-corrected chi connectivity index (χ1v) is 4.89. The SMILES string of the molecule is COc1ccc(OC/C(N)=N/O)c(Br)c1. The van der Waals surface area contributed by atoms with Crippen LogP contribution in [0.1, 0.15) is 0 Å². The number of oxime groups is 1. The van der Waals surface area contributed by atoms with E-state index in [0.29, 0.717) is 5.75 Å². The topological polar surface area (TPSA) is 77.1 Å². The molecular formula is C9H11BrN2O3. The predicted octanol–water partition coefficient (Wildman–Crippen LogP) is 1.58. The lowest BCUT2D eigenvalue weighted by Gasteiger charge is -2.08. The number of nitrogens with zero attached hydrogens (tertiary/aromatic N) is 1. The molecule has 5 nitrogen and oxygen atoms in total. The zero-order valence-corrected chi connectivity index (χ0v) is 9.69. The Morgan fingerprint density at radius 1 is 1.60 bits per heavy atom. The van der Waals surface area contributed by atoms with E-state index in [9.17, 15) is 0 Å². The van der Waals surface area contributed by atoms with Crippen LogP contribution >= 0.6 is 15.9 Å². The molecule has 0 atom stereocenters. The smallest absolute Gasteiger partial charge is 0.177 e. The summed E-state index contributed by atoms with van der Waals surface area (Å²) in [5.74, 6) is 1.33. The highest BCUT2D eigenvalue weighted by molar-refractivity contribution is 9.10. The number of hydrogen-bond donors (Lipinski definition) is 2. The normalized spacial score (nSPS) is 11.2. The zero-order chi connectivity index (χ0) is 11.3. The average Bonchev–Trinajstić information content (AvgIpc) is 2.26. The highest BCUT2D eigenvalue weighted by atomic mass is 79.9. The van der Waals surface area contributed by atoms with Crippen LogP contribution in [-0.4, -0.2) is 24.8 Å². The molecule has 0 saturated heterocycles. The van der Waals surface area contributed by atoms with Crippen LogP contribution in [0.25, 0.3) is 0 Å². The molecule has 0 radical (unpaired) electrons. The second kappa shape index (κ2) is 5.45. The van der Waals surface area contributed by atoms with Gasteiger partial charge < -0.3 is 20.4 Å². The van der Waals surface area contributed by atoms with E-state index in [2.05, 4.69) is 21.1 Å². The molecule has 82 valence electrons. The van der Waals surface area contributed by atoms with E-state index < -0.39 is 0 Å². The molecule has 0 bridgehead atoms. The Balaban J connectivity index is 2.70. The van der Waals surface area contributed by atoms with E-state index in [-0.39, 0.29) is 12.4 Å². The Kier molecular flexibility index (Phi) is 4.23. The molecule has 3 N–H and O–H groups in total. The summed E-state index contributed by atoms with van der Waals surface area (Å²) in [6.45, 7) is 0.0292. The van der Waals surface area contributed by atoms with Gasteiger partial charge in [-0.25, -0.2) is 0 Å². The highest BCUT2D eigenvalue weighted by Crippen LogP contribution is 2.28. The molecule has 0 fully saturated rings. The summed E-state index contributed by atoms with van der Waals surface area (Å²) in [7, 11) is 1.58. The summed E-state index contributed by atoms with van der Waals surface area (Å²) in [6, 6.07) is 5.25. The number of benzene rings is 1. The van der Waals surface area contributed by atoms with Crippen LogP contribution in [0, 0.1) is 0 Å². The van der Waals surface area contributed by atoms with Gasteiger partial charge in [0.15, 0.2) is 5.84 Å². The van der Waals surface area contributed by atoms with Gasteiger partial charge in [-0.05, 0) is 34.1 Å². The Morgan fingerprint density at radius 2 is 2.33 bits per heavy atom. The van der Waals surface area contributed by atoms with Crippen molar-refractivity contribution in [3.63, 3.8) is 0 Å². The van der Waals surface area contributed by atoms with Gasteiger partial charge in [-0.15, -0.1) is 0 Å². The molecule has 0 saturated carbocycles. The first kappa shape index (κ1) is 11.6. The number of rotatable bonds is 4. The fourth-order valence-electron chi connectivity index (χ4n) is 0.906. The molecule has 0 aromatic heterocycles. The van der Waals surface area contributed by atoms with Crippen LogP contribution in [0.2, 0.25) is 0 Å². The molecule has 0 aliphatic heterocycles. The summed E-state index contributed by atoms with van der Waals surface area (Å²) < 4.78 is 11.0. The number of halogens is 1. The molecular weight excluding hydrogens is 264 g/mol. The van der Waals surface area contributed by atoms with Crippen molar-refractivity contribution < 1.29 is 14.7 Å². The molecule has 0 heterocycles. The van der Waals surface area contributed by atoms with Crippen LogP contribution in [-0.2, 0) is 0 Å². The van der Waals surface area contributed by atoms with Gasteiger partial charge in [0.05, 0.1) is 11.6 Å². The molecule has 1 aromatic carbocycles. The molecule has 0 spiro atoms. The van der Waals surface area contributed by atoms with Crippen LogP contribution in [0.5, 0.6) is 11.5 Å². The Labute approximate surface area is 95.6 Å². The molecule has 0 aliphatic rings. The second-order valence-electron chi connectivity index (χ2n) is 2.68. The van der Waals surface area contributed by atoms with Crippen LogP contribution < -0.4 is 15.2 Å². The van der Waals surface area contributed by atoms with Crippen molar-refractivity contribution in [1.29, 1.82) is 0 Å². The van der Waals surface area contributed by atoms with Crippen molar-refractivity contribution in [3.8, 4) is 11.5 Å². The fraction of sp³-hybridized carbons (Fsp3) is 0.222. The highest BCUT2D eigenvalue weighted by Gasteiger charge is 2.03.